The first-order valence-corrected chi connectivity index (χ1v) is 6.46. The molecule has 0 bridgehead atoms. The predicted octanol–water partition coefficient (Wildman–Crippen LogP) is 0.765. The molecule has 20 heavy (non-hydrogen) atoms. The van der Waals surface area contributed by atoms with Crippen molar-refractivity contribution in [1.82, 2.24) is 4.90 Å². The van der Waals surface area contributed by atoms with E-state index in [0.717, 1.165) is 0 Å². The lowest BCUT2D eigenvalue weighted by Crippen LogP contribution is -2.49. The molecular formula is C14H17N3O3. The maximum Gasteiger partial charge on any atom is 0.270 e. The van der Waals surface area contributed by atoms with Crippen LogP contribution in [0.3, 0.4) is 0 Å². The molecule has 0 aromatic heterocycles. The van der Waals surface area contributed by atoms with E-state index in [9.17, 15) is 14.4 Å². The third kappa shape index (κ3) is 1.98. The molecule has 0 fully saturated rings. The highest BCUT2D eigenvalue weighted by Crippen LogP contribution is 2.28. The van der Waals surface area contributed by atoms with E-state index in [2.05, 4.69) is 0 Å². The second-order valence-electron chi connectivity index (χ2n) is 4.97. The van der Waals surface area contributed by atoms with E-state index in [0.29, 0.717) is 11.3 Å². The van der Waals surface area contributed by atoms with Crippen molar-refractivity contribution >= 4 is 23.4 Å². The number of carbonyl (C=O) groups is 3. The molecular weight excluding hydrogens is 258 g/mol. The molecule has 1 aromatic rings. The first kappa shape index (κ1) is 14.2. The number of nitrogens with zero attached hydrogens (tertiary/aromatic N) is 1. The summed E-state index contributed by atoms with van der Waals surface area (Å²) in [4.78, 5) is 37.3. The molecule has 6 heteroatoms. The number of nitrogen functional groups attached to an aromatic ring is 1. The van der Waals surface area contributed by atoms with Crippen LogP contribution < -0.4 is 11.5 Å². The summed E-state index contributed by atoms with van der Waals surface area (Å²) < 4.78 is 0. The van der Waals surface area contributed by atoms with Gasteiger partial charge in [0.2, 0.25) is 0 Å². The molecule has 1 aromatic carbocycles. The minimum Gasteiger partial charge on any atom is -0.398 e. The fourth-order valence-electron chi connectivity index (χ4n) is 2.16. The van der Waals surface area contributed by atoms with E-state index in [1.807, 2.05) is 6.92 Å². The number of rotatable bonds is 3. The Morgan fingerprint density at radius 1 is 1.30 bits per heavy atom. The van der Waals surface area contributed by atoms with Crippen LogP contribution in [0.25, 0.3) is 0 Å². The highest BCUT2D eigenvalue weighted by Gasteiger charge is 2.43. The molecule has 2 atom stereocenters. The average Bonchev–Trinajstić information content (AvgIpc) is 2.69. The van der Waals surface area contributed by atoms with Crippen LogP contribution in [0.15, 0.2) is 18.2 Å². The van der Waals surface area contributed by atoms with Crippen LogP contribution in [0.2, 0.25) is 0 Å². The van der Waals surface area contributed by atoms with Crippen molar-refractivity contribution in [3.8, 4) is 0 Å². The van der Waals surface area contributed by atoms with Gasteiger partial charge >= 0.3 is 0 Å². The summed E-state index contributed by atoms with van der Waals surface area (Å²) in [7, 11) is 0. The predicted molar refractivity (Wildman–Crippen MR) is 73.8 cm³/mol. The number of imide groups is 3. The number of benzene rings is 1. The normalized spacial score (nSPS) is 17.1. The van der Waals surface area contributed by atoms with Crippen molar-refractivity contribution in [2.24, 2.45) is 11.7 Å². The summed E-state index contributed by atoms with van der Waals surface area (Å²) >= 11 is 0. The second kappa shape index (κ2) is 5.05. The van der Waals surface area contributed by atoms with Gasteiger partial charge in [-0.1, -0.05) is 26.3 Å². The van der Waals surface area contributed by atoms with Gasteiger partial charge in [0.1, 0.15) is 0 Å². The number of hydrogen-bond acceptors (Lipinski definition) is 5. The lowest BCUT2D eigenvalue weighted by atomic mass is 9.99. The van der Waals surface area contributed by atoms with E-state index < -0.39 is 23.8 Å². The van der Waals surface area contributed by atoms with Gasteiger partial charge in [-0.25, -0.2) is 4.90 Å². The van der Waals surface area contributed by atoms with Gasteiger partial charge in [-0.05, 0) is 18.1 Å². The number of anilines is 1. The lowest BCUT2D eigenvalue weighted by Gasteiger charge is -2.21. The van der Waals surface area contributed by atoms with E-state index in [1.54, 1.807) is 13.0 Å². The molecule has 1 aliphatic rings. The fourth-order valence-corrected chi connectivity index (χ4v) is 2.16. The van der Waals surface area contributed by atoms with Gasteiger partial charge in [0, 0.05) is 5.69 Å². The Labute approximate surface area is 116 Å². The zero-order valence-electron chi connectivity index (χ0n) is 11.4. The maximum atomic E-state index is 12.3. The second-order valence-corrected chi connectivity index (χ2v) is 4.97. The molecule has 0 spiro atoms. The summed E-state index contributed by atoms with van der Waals surface area (Å²) in [5.74, 6) is -2.14. The van der Waals surface area contributed by atoms with Gasteiger partial charge in [0.15, 0.2) is 0 Å². The Kier molecular flexibility index (Phi) is 3.59. The molecule has 0 saturated heterocycles. The van der Waals surface area contributed by atoms with E-state index in [-0.39, 0.29) is 22.7 Å². The molecule has 2 unspecified atom stereocenters. The molecule has 4 N–H and O–H groups in total. The largest absolute Gasteiger partial charge is 0.398 e. The van der Waals surface area contributed by atoms with Crippen LogP contribution >= 0.6 is 0 Å². The highest BCUT2D eigenvalue weighted by atomic mass is 16.2. The molecule has 0 radical (unpaired) electrons. The third-order valence-corrected chi connectivity index (χ3v) is 3.71. The van der Waals surface area contributed by atoms with Gasteiger partial charge in [-0.15, -0.1) is 0 Å². The summed E-state index contributed by atoms with van der Waals surface area (Å²) in [5, 5.41) is 0. The molecule has 1 heterocycles. The van der Waals surface area contributed by atoms with Crippen LogP contribution in [0, 0.1) is 5.92 Å². The van der Waals surface area contributed by atoms with Crippen molar-refractivity contribution in [2.45, 2.75) is 26.3 Å². The Morgan fingerprint density at radius 2 is 1.95 bits per heavy atom. The number of fused-ring (bicyclic) bond motifs is 1. The Balaban J connectivity index is 2.38. The van der Waals surface area contributed by atoms with Gasteiger partial charge in [0.25, 0.3) is 17.7 Å². The van der Waals surface area contributed by atoms with E-state index in [4.69, 9.17) is 11.5 Å². The van der Waals surface area contributed by atoms with Crippen LogP contribution in [-0.2, 0) is 4.79 Å². The first-order valence-electron chi connectivity index (χ1n) is 6.46. The smallest absolute Gasteiger partial charge is 0.270 e. The minimum atomic E-state index is -0.886. The molecule has 106 valence electrons. The third-order valence-electron chi connectivity index (χ3n) is 3.71. The number of amides is 3. The average molecular weight is 275 g/mol. The topological polar surface area (TPSA) is 106 Å². The van der Waals surface area contributed by atoms with Crippen molar-refractivity contribution in [3.05, 3.63) is 29.3 Å². The number of hydrogen-bond donors (Lipinski definition) is 2. The Bertz CT molecular complexity index is 597. The first-order chi connectivity index (χ1) is 9.40. The molecule has 3 amide bonds. The Hall–Kier alpha value is -2.21. The minimum absolute atomic E-state index is 0.0854. The van der Waals surface area contributed by atoms with Crippen LogP contribution in [0.5, 0.6) is 0 Å². The lowest BCUT2D eigenvalue weighted by molar-refractivity contribution is -0.128. The number of nitrogens with two attached hydrogens (primary N) is 2. The van der Waals surface area contributed by atoms with Crippen LogP contribution in [0.1, 0.15) is 41.0 Å². The van der Waals surface area contributed by atoms with Crippen LogP contribution in [0.4, 0.5) is 5.69 Å². The maximum absolute atomic E-state index is 12.3. The van der Waals surface area contributed by atoms with E-state index >= 15 is 0 Å². The van der Waals surface area contributed by atoms with Crippen molar-refractivity contribution in [1.29, 1.82) is 0 Å². The Morgan fingerprint density at radius 3 is 2.50 bits per heavy atom. The summed E-state index contributed by atoms with van der Waals surface area (Å²) in [5.41, 5.74) is 12.0. The van der Waals surface area contributed by atoms with Crippen molar-refractivity contribution in [2.75, 3.05) is 5.73 Å². The standard InChI is InChI=1S/C14H17N3O3/c1-3-7(2)11(16)14(20)17-12(18)8-5-4-6-9(15)10(8)13(17)19/h4-7,11H,3,15-16H2,1-2H3. The quantitative estimate of drug-likeness (QED) is 0.625. The monoisotopic (exact) mass is 275 g/mol. The fraction of sp³-hybridized carbons (Fsp3) is 0.357. The van der Waals surface area contributed by atoms with Crippen molar-refractivity contribution in [3.63, 3.8) is 0 Å². The molecule has 1 aliphatic heterocycles. The number of carbonyl (C=O) groups excluding carboxylic acids is 3. The zero-order valence-corrected chi connectivity index (χ0v) is 11.4. The molecule has 2 rings (SSSR count). The van der Waals surface area contributed by atoms with Gasteiger partial charge in [-0.2, -0.15) is 0 Å². The van der Waals surface area contributed by atoms with Gasteiger partial charge < -0.3 is 11.5 Å². The summed E-state index contributed by atoms with van der Waals surface area (Å²) in [6.45, 7) is 3.69. The summed E-state index contributed by atoms with van der Waals surface area (Å²) in [6, 6.07) is 3.69. The van der Waals surface area contributed by atoms with Gasteiger partial charge in [0.05, 0.1) is 17.2 Å². The zero-order chi connectivity index (χ0) is 15.0. The van der Waals surface area contributed by atoms with Crippen LogP contribution in [-0.4, -0.2) is 28.7 Å². The molecule has 0 aliphatic carbocycles. The summed E-state index contributed by atoms with van der Waals surface area (Å²) in [6.07, 6.45) is 0.679. The SMILES string of the molecule is CCC(C)C(N)C(=O)N1C(=O)c2cccc(N)c2C1=O. The van der Waals surface area contributed by atoms with Crippen molar-refractivity contribution < 1.29 is 14.4 Å². The van der Waals surface area contributed by atoms with Gasteiger partial charge in [-0.3, -0.25) is 14.4 Å². The van der Waals surface area contributed by atoms with E-state index in [1.165, 1.54) is 12.1 Å². The molecule has 6 nitrogen and oxygen atoms in total. The highest BCUT2D eigenvalue weighted by molar-refractivity contribution is 6.31. The molecule has 0 saturated carbocycles.